The van der Waals surface area contributed by atoms with Gasteiger partial charge in [0.25, 0.3) is 0 Å². The van der Waals surface area contributed by atoms with E-state index in [0.717, 1.165) is 17.8 Å². The Kier molecular flexibility index (Phi) is 4.61. The molecule has 1 aromatic heterocycles. The molecule has 0 amide bonds. The van der Waals surface area contributed by atoms with Gasteiger partial charge in [-0.3, -0.25) is 0 Å². The molecule has 0 saturated carbocycles. The van der Waals surface area contributed by atoms with E-state index >= 15 is 0 Å². The lowest BCUT2D eigenvalue weighted by molar-refractivity contribution is 0.687. The van der Waals surface area contributed by atoms with Crippen LogP contribution in [0.3, 0.4) is 0 Å². The number of para-hydroxylation sites is 1. The van der Waals surface area contributed by atoms with E-state index in [-0.39, 0.29) is 0 Å². The Balaban J connectivity index is 2.13. The van der Waals surface area contributed by atoms with Crippen LogP contribution in [-0.4, -0.2) is 9.78 Å². The highest BCUT2D eigenvalue weighted by Gasteiger charge is 2.20. The van der Waals surface area contributed by atoms with Gasteiger partial charge in [-0.2, -0.15) is 5.10 Å². The lowest BCUT2D eigenvalue weighted by atomic mass is 9.92. The maximum atomic E-state index is 4.89. The maximum Gasteiger partial charge on any atom is 0.0657 e. The number of benzene rings is 2. The molecule has 2 nitrogen and oxygen atoms in total. The van der Waals surface area contributed by atoms with Crippen molar-refractivity contribution < 1.29 is 0 Å². The fraction of sp³-hybridized carbons (Fsp3) is 0.286. The van der Waals surface area contributed by atoms with Gasteiger partial charge in [0.05, 0.1) is 17.1 Å². The highest BCUT2D eigenvalue weighted by atomic mass is 15.3. The van der Waals surface area contributed by atoms with Gasteiger partial charge in [0.2, 0.25) is 0 Å². The van der Waals surface area contributed by atoms with Crippen LogP contribution < -0.4 is 0 Å². The fourth-order valence-corrected chi connectivity index (χ4v) is 3.02. The molecule has 0 fully saturated rings. The van der Waals surface area contributed by atoms with Crippen molar-refractivity contribution in [2.24, 2.45) is 0 Å². The zero-order valence-electron chi connectivity index (χ0n) is 14.1. The van der Waals surface area contributed by atoms with Crippen LogP contribution in [0.2, 0.25) is 0 Å². The van der Waals surface area contributed by atoms with Crippen molar-refractivity contribution in [1.29, 1.82) is 0 Å². The quantitative estimate of drug-likeness (QED) is 0.605. The first-order valence-electron chi connectivity index (χ1n) is 8.41. The van der Waals surface area contributed by atoms with E-state index in [1.807, 2.05) is 6.07 Å². The van der Waals surface area contributed by atoms with Crippen LogP contribution in [0.5, 0.6) is 0 Å². The van der Waals surface area contributed by atoms with E-state index in [4.69, 9.17) is 5.10 Å². The summed E-state index contributed by atoms with van der Waals surface area (Å²) in [7, 11) is 0. The number of rotatable bonds is 5. The summed E-state index contributed by atoms with van der Waals surface area (Å²) in [5.74, 6) is 0.781. The molecule has 0 N–H and O–H groups in total. The number of aromatic nitrogens is 2. The van der Waals surface area contributed by atoms with Gasteiger partial charge in [-0.1, -0.05) is 69.3 Å². The second-order valence-electron chi connectivity index (χ2n) is 6.27. The van der Waals surface area contributed by atoms with E-state index in [0.29, 0.717) is 11.8 Å². The summed E-state index contributed by atoms with van der Waals surface area (Å²) in [4.78, 5) is 0. The molecule has 2 aromatic carbocycles. The first-order valence-corrected chi connectivity index (χ1v) is 8.41. The van der Waals surface area contributed by atoms with Gasteiger partial charge >= 0.3 is 0 Å². The third kappa shape index (κ3) is 3.21. The SMILES string of the molecule is CCC(c1ccccc1)c1cc(C(C)C)nn1-c1ccccc1. The topological polar surface area (TPSA) is 17.8 Å². The Morgan fingerprint density at radius 1 is 0.913 bits per heavy atom. The molecule has 3 rings (SSSR count). The average molecular weight is 304 g/mol. The number of hydrogen-bond donors (Lipinski definition) is 0. The molecule has 118 valence electrons. The van der Waals surface area contributed by atoms with Crippen molar-refractivity contribution in [3.63, 3.8) is 0 Å². The highest BCUT2D eigenvalue weighted by Crippen LogP contribution is 2.31. The van der Waals surface area contributed by atoms with Crippen LogP contribution in [0, 0.1) is 0 Å². The van der Waals surface area contributed by atoms with Gasteiger partial charge < -0.3 is 0 Å². The zero-order chi connectivity index (χ0) is 16.2. The van der Waals surface area contributed by atoms with E-state index in [2.05, 4.69) is 86.1 Å². The summed E-state index contributed by atoms with van der Waals surface area (Å²) < 4.78 is 2.12. The summed E-state index contributed by atoms with van der Waals surface area (Å²) in [6.45, 7) is 6.64. The van der Waals surface area contributed by atoms with Gasteiger partial charge in [-0.15, -0.1) is 0 Å². The number of nitrogens with zero attached hydrogens (tertiary/aromatic N) is 2. The molecular formula is C21H24N2. The Hall–Kier alpha value is -2.35. The number of hydrogen-bond acceptors (Lipinski definition) is 1. The van der Waals surface area contributed by atoms with Crippen molar-refractivity contribution in [1.82, 2.24) is 9.78 Å². The van der Waals surface area contributed by atoms with Crippen LogP contribution in [0.25, 0.3) is 5.69 Å². The van der Waals surface area contributed by atoms with Crippen molar-refractivity contribution in [2.75, 3.05) is 0 Å². The minimum atomic E-state index is 0.358. The molecular weight excluding hydrogens is 280 g/mol. The standard InChI is InChI=1S/C21H24N2/c1-4-19(17-11-7-5-8-12-17)21-15-20(16(2)3)22-23(21)18-13-9-6-10-14-18/h5-16,19H,4H2,1-3H3. The predicted molar refractivity (Wildman–Crippen MR) is 96.2 cm³/mol. The lowest BCUT2D eigenvalue weighted by Crippen LogP contribution is -2.08. The predicted octanol–water partition coefficient (Wildman–Crippen LogP) is 5.54. The molecule has 0 bridgehead atoms. The molecule has 0 spiro atoms. The lowest BCUT2D eigenvalue weighted by Gasteiger charge is -2.17. The largest absolute Gasteiger partial charge is 0.237 e. The van der Waals surface area contributed by atoms with Crippen LogP contribution in [0.1, 0.15) is 56.0 Å². The molecule has 2 heteroatoms. The van der Waals surface area contributed by atoms with Crippen molar-refractivity contribution in [3.8, 4) is 5.69 Å². The minimum Gasteiger partial charge on any atom is -0.237 e. The Morgan fingerprint density at radius 3 is 2.09 bits per heavy atom. The molecule has 0 saturated heterocycles. The average Bonchev–Trinajstić information content (AvgIpc) is 3.03. The van der Waals surface area contributed by atoms with E-state index in [1.165, 1.54) is 11.3 Å². The monoisotopic (exact) mass is 304 g/mol. The molecule has 0 aliphatic rings. The molecule has 23 heavy (non-hydrogen) atoms. The third-order valence-corrected chi connectivity index (χ3v) is 4.32. The van der Waals surface area contributed by atoms with Crippen LogP contribution in [0.4, 0.5) is 0 Å². The maximum absolute atomic E-state index is 4.89. The summed E-state index contributed by atoms with van der Waals surface area (Å²) in [5, 5.41) is 4.89. The first-order chi connectivity index (χ1) is 11.2. The second kappa shape index (κ2) is 6.82. The molecule has 0 aliphatic heterocycles. The summed E-state index contributed by atoms with van der Waals surface area (Å²) in [6.07, 6.45) is 1.06. The van der Waals surface area contributed by atoms with E-state index in [9.17, 15) is 0 Å². The molecule has 0 aliphatic carbocycles. The Labute approximate surface area is 138 Å². The normalized spacial score (nSPS) is 12.5. The van der Waals surface area contributed by atoms with Crippen LogP contribution in [-0.2, 0) is 0 Å². The van der Waals surface area contributed by atoms with Crippen molar-refractivity contribution in [2.45, 2.75) is 39.0 Å². The van der Waals surface area contributed by atoms with Gasteiger partial charge in [0.1, 0.15) is 0 Å². The molecule has 3 aromatic rings. The van der Waals surface area contributed by atoms with Crippen LogP contribution >= 0.6 is 0 Å². The van der Waals surface area contributed by atoms with Crippen molar-refractivity contribution >= 4 is 0 Å². The molecule has 1 heterocycles. The highest BCUT2D eigenvalue weighted by molar-refractivity contribution is 5.38. The van der Waals surface area contributed by atoms with Crippen LogP contribution in [0.15, 0.2) is 66.7 Å². The van der Waals surface area contributed by atoms with Gasteiger partial charge in [0, 0.05) is 5.92 Å². The fourth-order valence-electron chi connectivity index (χ4n) is 3.02. The van der Waals surface area contributed by atoms with E-state index in [1.54, 1.807) is 0 Å². The second-order valence-corrected chi connectivity index (χ2v) is 6.27. The Bertz CT molecular complexity index is 742. The third-order valence-electron chi connectivity index (χ3n) is 4.32. The summed E-state index contributed by atoms with van der Waals surface area (Å²) >= 11 is 0. The zero-order valence-corrected chi connectivity index (χ0v) is 14.1. The molecule has 1 unspecified atom stereocenters. The summed E-state index contributed by atoms with van der Waals surface area (Å²) in [6, 6.07) is 23.4. The van der Waals surface area contributed by atoms with Gasteiger partial charge in [0.15, 0.2) is 0 Å². The van der Waals surface area contributed by atoms with Gasteiger partial charge in [-0.25, -0.2) is 4.68 Å². The van der Waals surface area contributed by atoms with Gasteiger partial charge in [-0.05, 0) is 36.1 Å². The Morgan fingerprint density at radius 2 is 1.52 bits per heavy atom. The van der Waals surface area contributed by atoms with Crippen molar-refractivity contribution in [3.05, 3.63) is 83.7 Å². The summed E-state index contributed by atoms with van der Waals surface area (Å²) in [5.41, 5.74) is 4.90. The van der Waals surface area contributed by atoms with E-state index < -0.39 is 0 Å². The smallest absolute Gasteiger partial charge is 0.0657 e. The molecule has 1 atom stereocenters. The minimum absolute atomic E-state index is 0.358. The molecule has 0 radical (unpaired) electrons. The first kappa shape index (κ1) is 15.5.